The minimum Gasteiger partial charge on any atom is -0.444 e. The number of ether oxygens (including phenoxy) is 1. The molecule has 2 heterocycles. The van der Waals surface area contributed by atoms with Gasteiger partial charge in [0.1, 0.15) is 5.60 Å². The summed E-state index contributed by atoms with van der Waals surface area (Å²) >= 11 is 0. The zero-order valence-corrected chi connectivity index (χ0v) is 15.6. The molecule has 2 saturated heterocycles. The average molecular weight is 339 g/mol. The Bertz CT molecular complexity index is 447. The second-order valence-electron chi connectivity index (χ2n) is 8.04. The topological polar surface area (TPSA) is 61.9 Å². The van der Waals surface area contributed by atoms with Crippen molar-refractivity contribution >= 4 is 12.0 Å². The first-order chi connectivity index (χ1) is 11.3. The van der Waals surface area contributed by atoms with Gasteiger partial charge in [-0.25, -0.2) is 4.79 Å². The molecule has 0 aromatic rings. The molecule has 0 radical (unpaired) electrons. The highest BCUT2D eigenvalue weighted by molar-refractivity contribution is 5.77. The monoisotopic (exact) mass is 339 g/mol. The number of hydrogen-bond acceptors (Lipinski definition) is 4. The minimum atomic E-state index is -0.458. The summed E-state index contributed by atoms with van der Waals surface area (Å²) in [5, 5.41) is 2.72. The van der Waals surface area contributed by atoms with E-state index in [1.54, 1.807) is 7.05 Å². The Morgan fingerprint density at radius 2 is 1.88 bits per heavy atom. The van der Waals surface area contributed by atoms with Crippen LogP contribution in [0, 0.1) is 5.92 Å². The maximum atomic E-state index is 12.4. The van der Waals surface area contributed by atoms with E-state index < -0.39 is 5.60 Å². The molecular formula is C18H33N3O3. The fraction of sp³-hybridized carbons (Fsp3) is 0.889. The third kappa shape index (κ3) is 5.36. The van der Waals surface area contributed by atoms with Crippen LogP contribution in [0.5, 0.6) is 0 Å². The van der Waals surface area contributed by atoms with Crippen LogP contribution in [0.1, 0.15) is 52.9 Å². The van der Waals surface area contributed by atoms with Crippen LogP contribution in [0.15, 0.2) is 0 Å². The molecule has 6 nitrogen and oxygen atoms in total. The van der Waals surface area contributed by atoms with Gasteiger partial charge in [-0.3, -0.25) is 9.69 Å². The van der Waals surface area contributed by atoms with Crippen LogP contribution >= 0.6 is 0 Å². The Morgan fingerprint density at radius 1 is 1.12 bits per heavy atom. The van der Waals surface area contributed by atoms with Crippen molar-refractivity contribution in [2.45, 2.75) is 64.5 Å². The Hall–Kier alpha value is -1.30. The number of nitrogens with one attached hydrogen (secondary N) is 1. The molecular weight excluding hydrogens is 306 g/mol. The third-order valence-corrected chi connectivity index (χ3v) is 4.94. The second-order valence-corrected chi connectivity index (χ2v) is 8.04. The van der Waals surface area contributed by atoms with Crippen LogP contribution in [0.2, 0.25) is 0 Å². The first-order valence-electron chi connectivity index (χ1n) is 9.22. The molecule has 2 aliphatic rings. The van der Waals surface area contributed by atoms with Crippen LogP contribution in [0.3, 0.4) is 0 Å². The van der Waals surface area contributed by atoms with E-state index in [1.165, 1.54) is 6.42 Å². The number of likely N-dealkylation sites (N-methyl/N-ethyl adjacent to an activating group) is 1. The maximum Gasteiger partial charge on any atom is 0.410 e. The highest BCUT2D eigenvalue weighted by Crippen LogP contribution is 2.30. The number of carbonyl (C=O) groups excluding carboxylic acids is 2. The van der Waals surface area contributed by atoms with Crippen molar-refractivity contribution in [2.75, 3.05) is 33.2 Å². The highest BCUT2D eigenvalue weighted by atomic mass is 16.6. The van der Waals surface area contributed by atoms with Crippen LogP contribution in [0.4, 0.5) is 4.79 Å². The molecule has 0 aromatic heterocycles. The van der Waals surface area contributed by atoms with Crippen molar-refractivity contribution < 1.29 is 14.3 Å². The SMILES string of the molecule is CNC(=O)CN1CCCC[C@@H]1[C@@H]1CCCN(C(=O)OC(C)(C)C)C1. The zero-order chi connectivity index (χ0) is 17.7. The van der Waals surface area contributed by atoms with Gasteiger partial charge in [-0.15, -0.1) is 0 Å². The number of carbonyl (C=O) groups is 2. The number of piperidine rings is 2. The van der Waals surface area contributed by atoms with Gasteiger partial charge in [-0.05, 0) is 58.9 Å². The first-order valence-corrected chi connectivity index (χ1v) is 9.22. The lowest BCUT2D eigenvalue weighted by Crippen LogP contribution is -2.53. The predicted molar refractivity (Wildman–Crippen MR) is 93.8 cm³/mol. The molecule has 138 valence electrons. The molecule has 2 aliphatic heterocycles. The summed E-state index contributed by atoms with van der Waals surface area (Å²) in [6, 6.07) is 0.390. The van der Waals surface area contributed by atoms with Gasteiger partial charge in [0, 0.05) is 26.2 Å². The van der Waals surface area contributed by atoms with E-state index in [1.807, 2.05) is 25.7 Å². The summed E-state index contributed by atoms with van der Waals surface area (Å²) in [6.45, 7) is 8.65. The molecule has 24 heavy (non-hydrogen) atoms. The highest BCUT2D eigenvalue weighted by Gasteiger charge is 2.35. The Labute approximate surface area is 145 Å². The fourth-order valence-electron chi connectivity index (χ4n) is 3.83. The largest absolute Gasteiger partial charge is 0.444 e. The molecule has 2 rings (SSSR count). The number of nitrogens with zero attached hydrogens (tertiary/aromatic N) is 2. The van der Waals surface area contributed by atoms with E-state index in [0.29, 0.717) is 18.5 Å². The van der Waals surface area contributed by atoms with Gasteiger partial charge >= 0.3 is 6.09 Å². The van der Waals surface area contributed by atoms with Gasteiger partial charge in [-0.2, -0.15) is 0 Å². The zero-order valence-electron chi connectivity index (χ0n) is 15.6. The third-order valence-electron chi connectivity index (χ3n) is 4.94. The minimum absolute atomic E-state index is 0.0710. The predicted octanol–water partition coefficient (Wildman–Crippen LogP) is 2.23. The molecule has 0 spiro atoms. The van der Waals surface area contributed by atoms with Crippen molar-refractivity contribution in [1.82, 2.24) is 15.1 Å². The summed E-state index contributed by atoms with van der Waals surface area (Å²) in [7, 11) is 1.69. The summed E-state index contributed by atoms with van der Waals surface area (Å²) in [6.07, 6.45) is 5.39. The van der Waals surface area contributed by atoms with Gasteiger partial charge in [0.05, 0.1) is 6.54 Å². The summed E-state index contributed by atoms with van der Waals surface area (Å²) in [4.78, 5) is 28.3. The van der Waals surface area contributed by atoms with Crippen LogP contribution in [0.25, 0.3) is 0 Å². The first kappa shape index (κ1) is 19.0. The molecule has 0 aromatic carbocycles. The van der Waals surface area contributed by atoms with E-state index >= 15 is 0 Å². The lowest BCUT2D eigenvalue weighted by atomic mass is 9.84. The molecule has 0 bridgehead atoms. The van der Waals surface area contributed by atoms with Gasteiger partial charge in [-0.1, -0.05) is 6.42 Å². The van der Waals surface area contributed by atoms with Crippen molar-refractivity contribution in [3.8, 4) is 0 Å². The van der Waals surface area contributed by atoms with Crippen LogP contribution in [-0.4, -0.2) is 66.7 Å². The fourth-order valence-corrected chi connectivity index (χ4v) is 3.83. The average Bonchev–Trinajstić information content (AvgIpc) is 2.54. The van der Waals surface area contributed by atoms with E-state index in [9.17, 15) is 9.59 Å². The van der Waals surface area contributed by atoms with Crippen molar-refractivity contribution in [1.29, 1.82) is 0 Å². The Kier molecular flexibility index (Phi) is 6.49. The van der Waals surface area contributed by atoms with Crippen LogP contribution in [-0.2, 0) is 9.53 Å². The van der Waals surface area contributed by atoms with E-state index in [-0.39, 0.29) is 12.0 Å². The molecule has 2 amide bonds. The quantitative estimate of drug-likeness (QED) is 0.856. The van der Waals surface area contributed by atoms with Gasteiger partial charge in [0.2, 0.25) is 5.91 Å². The summed E-state index contributed by atoms with van der Waals surface area (Å²) < 4.78 is 5.53. The number of amides is 2. The Balaban J connectivity index is 1.98. The Morgan fingerprint density at radius 3 is 2.54 bits per heavy atom. The maximum absolute atomic E-state index is 12.4. The van der Waals surface area contributed by atoms with Crippen molar-refractivity contribution in [3.63, 3.8) is 0 Å². The van der Waals surface area contributed by atoms with Crippen molar-refractivity contribution in [3.05, 3.63) is 0 Å². The van der Waals surface area contributed by atoms with Gasteiger partial charge in [0.25, 0.3) is 0 Å². The molecule has 0 unspecified atom stereocenters. The summed E-state index contributed by atoms with van der Waals surface area (Å²) in [5.74, 6) is 0.498. The number of rotatable bonds is 3. The van der Waals surface area contributed by atoms with E-state index in [0.717, 1.165) is 45.3 Å². The standard InChI is InChI=1S/C18H33N3O3/c1-18(2,3)24-17(23)21-11-7-8-14(12-21)15-9-5-6-10-20(15)13-16(22)19-4/h14-15H,5-13H2,1-4H3,(H,19,22)/t14-,15-/m1/s1. The lowest BCUT2D eigenvalue weighted by Gasteiger charge is -2.44. The van der Waals surface area contributed by atoms with E-state index in [4.69, 9.17) is 4.74 Å². The molecule has 0 saturated carbocycles. The smallest absolute Gasteiger partial charge is 0.410 e. The second kappa shape index (κ2) is 8.19. The molecule has 6 heteroatoms. The normalized spacial score (nSPS) is 26.1. The van der Waals surface area contributed by atoms with E-state index in [2.05, 4.69) is 10.2 Å². The lowest BCUT2D eigenvalue weighted by molar-refractivity contribution is -0.123. The van der Waals surface area contributed by atoms with Gasteiger partial charge in [0.15, 0.2) is 0 Å². The number of likely N-dealkylation sites (tertiary alicyclic amines) is 2. The molecule has 2 fully saturated rings. The molecule has 0 aliphatic carbocycles. The molecule has 1 N–H and O–H groups in total. The molecule has 2 atom stereocenters. The summed E-state index contributed by atoms with van der Waals surface area (Å²) in [5.41, 5.74) is -0.458. The van der Waals surface area contributed by atoms with Gasteiger partial charge < -0.3 is 15.0 Å². The van der Waals surface area contributed by atoms with Crippen LogP contribution < -0.4 is 5.32 Å². The number of hydrogen-bond donors (Lipinski definition) is 1. The van der Waals surface area contributed by atoms with Crippen molar-refractivity contribution in [2.24, 2.45) is 5.92 Å².